The van der Waals surface area contributed by atoms with Crippen molar-refractivity contribution in [3.8, 4) is 5.75 Å². The molecule has 0 spiro atoms. The van der Waals surface area contributed by atoms with Crippen LogP contribution in [-0.4, -0.2) is 24.4 Å². The summed E-state index contributed by atoms with van der Waals surface area (Å²) in [7, 11) is 0. The number of ether oxygens (including phenoxy) is 1. The van der Waals surface area contributed by atoms with Gasteiger partial charge in [-0.1, -0.05) is 30.3 Å². The Morgan fingerprint density at radius 1 is 1.12 bits per heavy atom. The Kier molecular flexibility index (Phi) is 4.74. The van der Waals surface area contributed by atoms with Crippen molar-refractivity contribution in [2.24, 2.45) is 0 Å². The fourth-order valence-corrected chi connectivity index (χ4v) is 3.03. The molecule has 1 heterocycles. The number of rotatable bonds is 4. The molecular weight excluding hydrogens is 316 g/mol. The molecule has 1 aliphatic rings. The molecule has 2 amide bonds. The van der Waals surface area contributed by atoms with E-state index in [0.717, 1.165) is 11.3 Å². The van der Waals surface area contributed by atoms with E-state index in [2.05, 4.69) is 0 Å². The minimum atomic E-state index is -0.143. The van der Waals surface area contributed by atoms with Crippen LogP contribution in [0.1, 0.15) is 26.3 Å². The van der Waals surface area contributed by atoms with Crippen molar-refractivity contribution in [2.45, 2.75) is 33.4 Å². The molecule has 5 nitrogen and oxygen atoms in total. The molecule has 2 aromatic rings. The second-order valence-electron chi connectivity index (χ2n) is 6.39. The van der Waals surface area contributed by atoms with Gasteiger partial charge in [0, 0.05) is 19.0 Å². The van der Waals surface area contributed by atoms with Crippen molar-refractivity contribution in [1.82, 2.24) is 0 Å². The second-order valence-corrected chi connectivity index (χ2v) is 6.39. The molecule has 3 rings (SSSR count). The first-order chi connectivity index (χ1) is 12.0. The average molecular weight is 338 g/mol. The van der Waals surface area contributed by atoms with E-state index in [4.69, 9.17) is 4.74 Å². The van der Waals surface area contributed by atoms with Crippen molar-refractivity contribution < 1.29 is 14.3 Å². The van der Waals surface area contributed by atoms with Crippen molar-refractivity contribution >= 4 is 23.2 Å². The zero-order valence-electron chi connectivity index (χ0n) is 14.7. The fraction of sp³-hybridized carbons (Fsp3) is 0.300. The molecule has 0 unspecified atom stereocenters. The summed E-state index contributed by atoms with van der Waals surface area (Å²) < 4.78 is 5.88. The molecular formula is C20H22N2O3. The summed E-state index contributed by atoms with van der Waals surface area (Å²) in [6.45, 7) is 5.92. The van der Waals surface area contributed by atoms with Gasteiger partial charge in [0.1, 0.15) is 18.9 Å². The molecule has 0 bridgehead atoms. The number of benzene rings is 2. The number of hydrogen-bond donors (Lipinski definition) is 0. The van der Waals surface area contributed by atoms with Gasteiger partial charge in [-0.2, -0.15) is 0 Å². The van der Waals surface area contributed by atoms with Crippen LogP contribution in [0.5, 0.6) is 5.75 Å². The van der Waals surface area contributed by atoms with Gasteiger partial charge in [0.2, 0.25) is 11.8 Å². The van der Waals surface area contributed by atoms with Crippen LogP contribution in [0, 0.1) is 0 Å². The minimum Gasteiger partial charge on any atom is -0.489 e. The largest absolute Gasteiger partial charge is 0.489 e. The lowest BCUT2D eigenvalue weighted by atomic mass is 10.1. The first-order valence-electron chi connectivity index (χ1n) is 8.38. The average Bonchev–Trinajstić information content (AvgIpc) is 2.59. The molecule has 0 atom stereocenters. The van der Waals surface area contributed by atoms with Crippen LogP contribution in [0.15, 0.2) is 48.5 Å². The Morgan fingerprint density at radius 3 is 2.48 bits per heavy atom. The predicted octanol–water partition coefficient (Wildman–Crippen LogP) is 3.37. The summed E-state index contributed by atoms with van der Waals surface area (Å²) in [6.07, 6.45) is 0. The molecule has 0 fully saturated rings. The number of hydrogen-bond acceptors (Lipinski definition) is 3. The predicted molar refractivity (Wildman–Crippen MR) is 97.9 cm³/mol. The van der Waals surface area contributed by atoms with E-state index in [1.165, 1.54) is 11.8 Å². The molecule has 0 saturated carbocycles. The highest BCUT2D eigenvalue weighted by Gasteiger charge is 2.32. The van der Waals surface area contributed by atoms with Crippen LogP contribution in [0.4, 0.5) is 11.4 Å². The van der Waals surface area contributed by atoms with Crippen LogP contribution >= 0.6 is 0 Å². The molecule has 2 aromatic carbocycles. The van der Waals surface area contributed by atoms with E-state index >= 15 is 0 Å². The maximum Gasteiger partial charge on any atom is 0.247 e. The third-order valence-electron chi connectivity index (χ3n) is 4.20. The molecule has 0 saturated heterocycles. The SMILES string of the molecule is CC(=O)N1CC(=O)N(C(C)C)c2cc(OCc3ccccc3)ccc21. The zero-order valence-corrected chi connectivity index (χ0v) is 14.7. The van der Waals surface area contributed by atoms with Gasteiger partial charge in [-0.15, -0.1) is 0 Å². The summed E-state index contributed by atoms with van der Waals surface area (Å²) in [5, 5.41) is 0. The van der Waals surface area contributed by atoms with Crippen LogP contribution in [0.3, 0.4) is 0 Å². The van der Waals surface area contributed by atoms with E-state index in [9.17, 15) is 9.59 Å². The highest BCUT2D eigenvalue weighted by Crippen LogP contribution is 2.38. The van der Waals surface area contributed by atoms with Gasteiger partial charge in [-0.3, -0.25) is 9.59 Å². The van der Waals surface area contributed by atoms with Gasteiger partial charge in [-0.05, 0) is 31.5 Å². The maximum absolute atomic E-state index is 12.5. The first kappa shape index (κ1) is 17.0. The van der Waals surface area contributed by atoms with Gasteiger partial charge >= 0.3 is 0 Å². The topological polar surface area (TPSA) is 49.9 Å². The third-order valence-corrected chi connectivity index (χ3v) is 4.20. The summed E-state index contributed by atoms with van der Waals surface area (Å²) >= 11 is 0. The second kappa shape index (κ2) is 6.97. The number of carbonyl (C=O) groups is 2. The van der Waals surface area contributed by atoms with Crippen LogP contribution in [-0.2, 0) is 16.2 Å². The lowest BCUT2D eigenvalue weighted by Gasteiger charge is -2.38. The first-order valence-corrected chi connectivity index (χ1v) is 8.38. The lowest BCUT2D eigenvalue weighted by Crippen LogP contribution is -2.50. The molecule has 0 radical (unpaired) electrons. The number of nitrogens with zero attached hydrogens (tertiary/aromatic N) is 2. The van der Waals surface area contributed by atoms with Crippen molar-refractivity contribution in [3.05, 3.63) is 54.1 Å². The normalized spacial score (nSPS) is 13.8. The van der Waals surface area contributed by atoms with Crippen LogP contribution in [0.25, 0.3) is 0 Å². The molecule has 0 aliphatic carbocycles. The van der Waals surface area contributed by atoms with Crippen molar-refractivity contribution in [1.29, 1.82) is 0 Å². The van der Waals surface area contributed by atoms with E-state index in [1.54, 1.807) is 4.90 Å². The quantitative estimate of drug-likeness (QED) is 0.859. The summed E-state index contributed by atoms with van der Waals surface area (Å²) in [5.74, 6) is 0.445. The Balaban J connectivity index is 1.92. The number of amides is 2. The minimum absolute atomic E-state index is 0.00438. The van der Waals surface area contributed by atoms with Gasteiger partial charge in [0.05, 0.1) is 11.4 Å². The highest BCUT2D eigenvalue weighted by atomic mass is 16.5. The van der Waals surface area contributed by atoms with Gasteiger partial charge in [0.15, 0.2) is 0 Å². The van der Waals surface area contributed by atoms with Crippen molar-refractivity contribution in [2.75, 3.05) is 16.3 Å². The lowest BCUT2D eigenvalue weighted by molar-refractivity contribution is -0.122. The molecule has 5 heteroatoms. The smallest absolute Gasteiger partial charge is 0.247 e. The maximum atomic E-state index is 12.5. The summed E-state index contributed by atoms with van der Waals surface area (Å²) in [4.78, 5) is 27.6. The van der Waals surface area contributed by atoms with Crippen LogP contribution < -0.4 is 14.5 Å². The van der Waals surface area contributed by atoms with E-state index in [1.807, 2.05) is 62.4 Å². The zero-order chi connectivity index (χ0) is 18.0. The molecule has 0 N–H and O–H groups in total. The standard InChI is InChI=1S/C20H22N2O3/c1-14(2)22-19-11-17(25-13-16-7-5-4-6-8-16)9-10-18(19)21(15(3)23)12-20(22)24/h4-11,14H,12-13H2,1-3H3. The Bertz CT molecular complexity index is 787. The summed E-state index contributed by atoms with van der Waals surface area (Å²) in [6, 6.07) is 15.4. The molecule has 0 aromatic heterocycles. The Morgan fingerprint density at radius 2 is 1.84 bits per heavy atom. The Hall–Kier alpha value is -2.82. The molecule has 1 aliphatic heterocycles. The number of anilines is 2. The van der Waals surface area contributed by atoms with E-state index in [-0.39, 0.29) is 24.4 Å². The van der Waals surface area contributed by atoms with Gasteiger partial charge < -0.3 is 14.5 Å². The summed E-state index contributed by atoms with van der Waals surface area (Å²) in [5.41, 5.74) is 2.53. The van der Waals surface area contributed by atoms with E-state index < -0.39 is 0 Å². The molecule has 130 valence electrons. The van der Waals surface area contributed by atoms with E-state index in [0.29, 0.717) is 18.0 Å². The third kappa shape index (κ3) is 3.50. The van der Waals surface area contributed by atoms with Crippen LogP contribution in [0.2, 0.25) is 0 Å². The van der Waals surface area contributed by atoms with Gasteiger partial charge in [0.25, 0.3) is 0 Å². The molecule has 25 heavy (non-hydrogen) atoms. The number of fused-ring (bicyclic) bond motifs is 1. The Labute approximate surface area is 147 Å². The highest BCUT2D eigenvalue weighted by molar-refractivity contribution is 6.11. The monoisotopic (exact) mass is 338 g/mol. The van der Waals surface area contributed by atoms with Crippen molar-refractivity contribution in [3.63, 3.8) is 0 Å². The fourth-order valence-electron chi connectivity index (χ4n) is 3.03. The van der Waals surface area contributed by atoms with Gasteiger partial charge in [-0.25, -0.2) is 0 Å². The number of carbonyl (C=O) groups excluding carboxylic acids is 2.